The molecule has 0 bridgehead atoms. The monoisotopic (exact) mass is 375 g/mol. The summed E-state index contributed by atoms with van der Waals surface area (Å²) >= 11 is 3.10. The molecule has 1 aliphatic rings. The number of hydrogen-bond acceptors (Lipinski definition) is 8. The first-order valence-electron chi connectivity index (χ1n) is 8.46. The molecule has 0 aromatic carbocycles. The maximum Gasteiger partial charge on any atom is 0.230 e. The zero-order chi connectivity index (χ0) is 17.2. The Labute approximate surface area is 154 Å². The highest BCUT2D eigenvalue weighted by Gasteiger charge is 2.22. The van der Waals surface area contributed by atoms with E-state index in [0.717, 1.165) is 52.4 Å². The van der Waals surface area contributed by atoms with E-state index in [1.807, 2.05) is 19.1 Å². The number of aryl methyl sites for hydroxylation is 1. The van der Waals surface area contributed by atoms with E-state index in [1.165, 1.54) is 11.5 Å². The van der Waals surface area contributed by atoms with Crippen molar-refractivity contribution in [1.82, 2.24) is 14.3 Å². The lowest BCUT2D eigenvalue weighted by atomic mass is 9.93. The highest BCUT2D eigenvalue weighted by atomic mass is 32.1. The summed E-state index contributed by atoms with van der Waals surface area (Å²) in [5.74, 6) is 1.53. The third kappa shape index (κ3) is 3.75. The van der Waals surface area contributed by atoms with E-state index in [0.29, 0.717) is 18.1 Å². The van der Waals surface area contributed by atoms with Crippen LogP contribution in [0.4, 0.5) is 16.8 Å². The van der Waals surface area contributed by atoms with Gasteiger partial charge in [-0.1, -0.05) is 0 Å². The van der Waals surface area contributed by atoms with Crippen LogP contribution in [0.1, 0.15) is 31.4 Å². The molecule has 0 amide bonds. The number of anilines is 3. The fraction of sp³-hybridized carbons (Fsp3) is 0.471. The van der Waals surface area contributed by atoms with Crippen LogP contribution in [-0.2, 0) is 4.74 Å². The molecular formula is C17H21N5OS2. The van der Waals surface area contributed by atoms with Crippen molar-refractivity contribution in [1.29, 1.82) is 0 Å². The first-order valence-corrected chi connectivity index (χ1v) is 10.1. The average molecular weight is 376 g/mol. The van der Waals surface area contributed by atoms with Gasteiger partial charge in [-0.2, -0.15) is 9.36 Å². The number of rotatable bonds is 5. The predicted molar refractivity (Wildman–Crippen MR) is 104 cm³/mol. The topological polar surface area (TPSA) is 72.0 Å². The summed E-state index contributed by atoms with van der Waals surface area (Å²) in [6.45, 7) is 1.98. The van der Waals surface area contributed by atoms with Gasteiger partial charge in [0, 0.05) is 13.2 Å². The smallest absolute Gasteiger partial charge is 0.230 e. The van der Waals surface area contributed by atoms with Gasteiger partial charge >= 0.3 is 0 Å². The zero-order valence-electron chi connectivity index (χ0n) is 14.3. The van der Waals surface area contributed by atoms with E-state index in [-0.39, 0.29) is 0 Å². The van der Waals surface area contributed by atoms with Gasteiger partial charge in [0.2, 0.25) is 5.95 Å². The van der Waals surface area contributed by atoms with E-state index in [9.17, 15) is 0 Å². The minimum Gasteiger partial charge on any atom is -0.381 e. The number of nitrogens with zero attached hydrogens (tertiary/aromatic N) is 3. The van der Waals surface area contributed by atoms with Crippen LogP contribution in [0.3, 0.4) is 0 Å². The van der Waals surface area contributed by atoms with Gasteiger partial charge in [-0.05, 0) is 61.7 Å². The molecule has 3 aromatic rings. The summed E-state index contributed by atoms with van der Waals surface area (Å²) in [6, 6.07) is 4.48. The molecule has 4 rings (SSSR count). The number of thiophene rings is 1. The molecule has 3 aromatic heterocycles. The summed E-state index contributed by atoms with van der Waals surface area (Å²) < 4.78 is 10.9. The molecule has 1 fully saturated rings. The molecule has 0 spiro atoms. The van der Waals surface area contributed by atoms with E-state index in [2.05, 4.69) is 25.4 Å². The summed E-state index contributed by atoms with van der Waals surface area (Å²) in [5.41, 5.74) is 1.97. The van der Waals surface area contributed by atoms with Gasteiger partial charge in [-0.3, -0.25) is 0 Å². The quantitative estimate of drug-likeness (QED) is 0.681. The van der Waals surface area contributed by atoms with Crippen molar-refractivity contribution < 1.29 is 4.74 Å². The second kappa shape index (κ2) is 7.23. The Morgan fingerprint density at radius 2 is 2.04 bits per heavy atom. The van der Waals surface area contributed by atoms with Gasteiger partial charge in [-0.25, -0.2) is 4.98 Å². The van der Waals surface area contributed by atoms with E-state index < -0.39 is 0 Å². The Balaban J connectivity index is 1.56. The van der Waals surface area contributed by atoms with Crippen molar-refractivity contribution in [2.45, 2.75) is 44.8 Å². The summed E-state index contributed by atoms with van der Waals surface area (Å²) in [6.07, 6.45) is 4.80. The van der Waals surface area contributed by atoms with Crippen LogP contribution in [0.2, 0.25) is 0 Å². The molecule has 0 unspecified atom stereocenters. The lowest BCUT2D eigenvalue weighted by Crippen LogP contribution is -2.29. The van der Waals surface area contributed by atoms with Gasteiger partial charge in [-0.15, -0.1) is 11.3 Å². The first kappa shape index (κ1) is 16.7. The summed E-state index contributed by atoms with van der Waals surface area (Å²) in [5, 5.41) is 9.94. The van der Waals surface area contributed by atoms with Crippen molar-refractivity contribution in [2.75, 3.05) is 17.7 Å². The molecule has 1 aliphatic carbocycles. The molecule has 0 saturated heterocycles. The van der Waals surface area contributed by atoms with Crippen LogP contribution in [-0.4, -0.2) is 33.6 Å². The van der Waals surface area contributed by atoms with Gasteiger partial charge < -0.3 is 15.4 Å². The molecule has 0 aliphatic heterocycles. The maximum absolute atomic E-state index is 5.47. The normalized spacial score (nSPS) is 20.7. The fourth-order valence-electron chi connectivity index (χ4n) is 3.19. The largest absolute Gasteiger partial charge is 0.381 e. The first-order chi connectivity index (χ1) is 12.2. The lowest BCUT2D eigenvalue weighted by molar-refractivity contribution is 0.0681. The van der Waals surface area contributed by atoms with Crippen molar-refractivity contribution in [2.24, 2.45) is 0 Å². The third-order valence-corrected chi connectivity index (χ3v) is 6.22. The molecule has 8 heteroatoms. The van der Waals surface area contributed by atoms with Crippen LogP contribution in [0, 0.1) is 6.92 Å². The highest BCUT2D eigenvalue weighted by molar-refractivity contribution is 7.17. The average Bonchev–Trinajstić information content (AvgIpc) is 3.24. The molecule has 0 radical (unpaired) electrons. The standard InChI is InChI=1S/C17H21N5OS2/c1-10-9-14(25-22-10)20-17-19-13-7-8-24-15(13)16(21-17)18-11-3-5-12(23-2)6-4-11/h7-9,11-12H,3-6H2,1-2H3,(H2,18,19,20,21)/t11-,12-. The molecule has 1 saturated carbocycles. The third-order valence-electron chi connectivity index (χ3n) is 4.51. The number of hydrogen-bond donors (Lipinski definition) is 2. The van der Waals surface area contributed by atoms with Crippen molar-refractivity contribution in [3.63, 3.8) is 0 Å². The predicted octanol–water partition coefficient (Wildman–Crippen LogP) is 4.57. The lowest BCUT2D eigenvalue weighted by Gasteiger charge is -2.28. The van der Waals surface area contributed by atoms with Crippen molar-refractivity contribution in [3.8, 4) is 0 Å². The minimum atomic E-state index is 0.400. The number of methoxy groups -OCH3 is 1. The van der Waals surface area contributed by atoms with Crippen LogP contribution < -0.4 is 10.6 Å². The van der Waals surface area contributed by atoms with Crippen LogP contribution in [0.5, 0.6) is 0 Å². The molecule has 6 nitrogen and oxygen atoms in total. The molecule has 0 atom stereocenters. The van der Waals surface area contributed by atoms with Crippen molar-refractivity contribution >= 4 is 49.9 Å². The number of aromatic nitrogens is 3. The Hall–Kier alpha value is -1.77. The Morgan fingerprint density at radius 3 is 2.76 bits per heavy atom. The molecule has 3 heterocycles. The molecule has 25 heavy (non-hydrogen) atoms. The zero-order valence-corrected chi connectivity index (χ0v) is 15.9. The van der Waals surface area contributed by atoms with Crippen molar-refractivity contribution in [3.05, 3.63) is 23.2 Å². The van der Waals surface area contributed by atoms with Crippen LogP contribution in [0.15, 0.2) is 17.5 Å². The minimum absolute atomic E-state index is 0.400. The van der Waals surface area contributed by atoms with Gasteiger partial charge in [0.05, 0.1) is 22.0 Å². The van der Waals surface area contributed by atoms with Crippen LogP contribution in [0.25, 0.3) is 10.2 Å². The second-order valence-corrected chi connectivity index (χ2v) is 8.06. The summed E-state index contributed by atoms with van der Waals surface area (Å²) in [7, 11) is 1.80. The highest BCUT2D eigenvalue weighted by Crippen LogP contribution is 2.31. The Kier molecular flexibility index (Phi) is 4.82. The Morgan fingerprint density at radius 1 is 1.20 bits per heavy atom. The summed E-state index contributed by atoms with van der Waals surface area (Å²) in [4.78, 5) is 9.36. The van der Waals surface area contributed by atoms with E-state index >= 15 is 0 Å². The van der Waals surface area contributed by atoms with E-state index in [1.54, 1.807) is 18.4 Å². The van der Waals surface area contributed by atoms with Gasteiger partial charge in [0.25, 0.3) is 0 Å². The molecule has 2 N–H and O–H groups in total. The maximum atomic E-state index is 5.47. The number of ether oxygens (including phenoxy) is 1. The van der Waals surface area contributed by atoms with Gasteiger partial charge in [0.15, 0.2) is 0 Å². The molecule has 132 valence electrons. The fourth-order valence-corrected chi connectivity index (χ4v) is 4.63. The van der Waals surface area contributed by atoms with E-state index in [4.69, 9.17) is 9.72 Å². The molecular weight excluding hydrogens is 354 g/mol. The SMILES string of the molecule is CO[C@H]1CC[C@H](Nc2nc(Nc3cc(C)ns3)nc3ccsc23)CC1. The number of fused-ring (bicyclic) bond motifs is 1. The number of nitrogens with one attached hydrogen (secondary N) is 2. The van der Waals surface area contributed by atoms with Gasteiger partial charge in [0.1, 0.15) is 10.8 Å². The Bertz CT molecular complexity index is 854. The second-order valence-electron chi connectivity index (χ2n) is 6.34. The van der Waals surface area contributed by atoms with Crippen LogP contribution >= 0.6 is 22.9 Å².